The van der Waals surface area contributed by atoms with E-state index in [0.717, 1.165) is 0 Å². The summed E-state index contributed by atoms with van der Waals surface area (Å²) in [4.78, 5) is 8.43. The highest BCUT2D eigenvalue weighted by atomic mass is 35.5. The van der Waals surface area contributed by atoms with Crippen molar-refractivity contribution < 1.29 is 8.42 Å². The molecular weight excluding hydrogens is 376 g/mol. The van der Waals surface area contributed by atoms with Crippen LogP contribution in [0.15, 0.2) is 29.1 Å². The summed E-state index contributed by atoms with van der Waals surface area (Å²) >= 11 is 6.16. The summed E-state index contributed by atoms with van der Waals surface area (Å²) in [6, 6.07) is 0. The van der Waals surface area contributed by atoms with E-state index in [0.29, 0.717) is 24.0 Å². The second-order valence-corrected chi connectivity index (χ2v) is 9.12. The molecule has 2 aromatic heterocycles. The first kappa shape index (κ1) is 20.2. The molecule has 2 rings (SSSR count). The molecule has 0 aliphatic heterocycles. The normalized spacial score (nSPS) is 11.5. The fourth-order valence-corrected chi connectivity index (χ4v) is 3.24. The predicted molar refractivity (Wildman–Crippen MR) is 104 cm³/mol. The number of aromatic nitrogens is 4. The minimum Gasteiger partial charge on any atom is -0.351 e. The second-order valence-electron chi connectivity index (χ2n) is 6.29. The van der Waals surface area contributed by atoms with Crippen molar-refractivity contribution in [2.24, 2.45) is 7.05 Å². The summed E-state index contributed by atoms with van der Waals surface area (Å²) in [6.45, 7) is 7.78. The van der Waals surface area contributed by atoms with Crippen LogP contribution in [0.1, 0.15) is 27.7 Å². The number of halogens is 1. The Bertz CT molecular complexity index is 917. The molecule has 0 bridgehead atoms. The Morgan fingerprint density at radius 2 is 2.08 bits per heavy atom. The van der Waals surface area contributed by atoms with Gasteiger partial charge in [-0.15, -0.1) is 0 Å². The van der Waals surface area contributed by atoms with Crippen molar-refractivity contribution in [3.63, 3.8) is 0 Å². The molecule has 142 valence electrons. The van der Waals surface area contributed by atoms with Crippen LogP contribution >= 0.6 is 11.6 Å². The number of nitrogens with zero attached hydrogens (tertiary/aromatic N) is 4. The van der Waals surface area contributed by atoms with E-state index in [-0.39, 0.29) is 10.0 Å². The van der Waals surface area contributed by atoms with E-state index < -0.39 is 15.1 Å². The van der Waals surface area contributed by atoms with Crippen LogP contribution in [0.3, 0.4) is 0 Å². The van der Waals surface area contributed by atoms with Crippen LogP contribution in [0, 0.1) is 0 Å². The first-order valence-electron chi connectivity index (χ1n) is 8.05. The predicted octanol–water partition coefficient (Wildman–Crippen LogP) is 3.17. The van der Waals surface area contributed by atoms with E-state index >= 15 is 0 Å². The molecule has 0 aliphatic carbocycles. The number of anilines is 3. The van der Waals surface area contributed by atoms with Crippen molar-refractivity contribution in [1.82, 2.24) is 19.7 Å². The monoisotopic (exact) mass is 398 g/mol. The molecule has 2 heterocycles. The molecule has 0 spiro atoms. The minimum absolute atomic E-state index is 0.0382. The number of rotatable bonds is 7. The van der Waals surface area contributed by atoms with Crippen molar-refractivity contribution >= 4 is 38.9 Å². The first-order chi connectivity index (χ1) is 12.1. The number of allylic oxidation sites excluding steroid dienone is 1. The van der Waals surface area contributed by atoms with E-state index in [1.807, 2.05) is 19.9 Å². The third kappa shape index (κ3) is 4.73. The highest BCUT2D eigenvalue weighted by molar-refractivity contribution is 7.92. The van der Waals surface area contributed by atoms with Crippen LogP contribution < -0.4 is 10.6 Å². The van der Waals surface area contributed by atoms with Crippen molar-refractivity contribution in [3.8, 4) is 0 Å². The standard InChI is InChI=1S/C16H23ClN6O2S/c1-10(2)6-7-18-16-19-8-12(17)14(21-16)20-13-9-23(5)22-15(13)26(24,25)11(3)4/h6,8-9,11H,7H2,1-5H3,(H2,18,19,20,21). The van der Waals surface area contributed by atoms with Crippen LogP contribution in [0.5, 0.6) is 0 Å². The lowest BCUT2D eigenvalue weighted by Gasteiger charge is -2.11. The molecule has 0 amide bonds. The summed E-state index contributed by atoms with van der Waals surface area (Å²) in [5.41, 5.74) is 1.49. The summed E-state index contributed by atoms with van der Waals surface area (Å²) < 4.78 is 26.5. The van der Waals surface area contributed by atoms with Gasteiger partial charge in [-0.05, 0) is 27.7 Å². The average molecular weight is 399 g/mol. The summed E-state index contributed by atoms with van der Waals surface area (Å²) in [5.74, 6) is 0.682. The van der Waals surface area contributed by atoms with Crippen LogP contribution in [0.25, 0.3) is 0 Å². The molecule has 0 unspecified atom stereocenters. The molecule has 0 atom stereocenters. The fourth-order valence-electron chi connectivity index (χ4n) is 2.00. The smallest absolute Gasteiger partial charge is 0.224 e. The lowest BCUT2D eigenvalue weighted by atomic mass is 10.3. The Hall–Kier alpha value is -2.13. The number of sulfone groups is 1. The highest BCUT2D eigenvalue weighted by Crippen LogP contribution is 2.29. The Balaban J connectivity index is 2.33. The molecule has 2 N–H and O–H groups in total. The zero-order valence-electron chi connectivity index (χ0n) is 15.4. The summed E-state index contributed by atoms with van der Waals surface area (Å²) in [6.07, 6.45) is 5.03. The summed E-state index contributed by atoms with van der Waals surface area (Å²) in [5, 5.41) is 9.74. The number of hydrogen-bond donors (Lipinski definition) is 2. The molecule has 0 fully saturated rings. The molecule has 0 radical (unpaired) electrons. The van der Waals surface area contributed by atoms with E-state index in [1.54, 1.807) is 27.1 Å². The third-order valence-corrected chi connectivity index (χ3v) is 5.81. The zero-order chi connectivity index (χ0) is 19.5. The van der Waals surface area contributed by atoms with Gasteiger partial charge in [-0.2, -0.15) is 10.1 Å². The molecule has 0 aliphatic rings. The minimum atomic E-state index is -3.56. The topological polar surface area (TPSA) is 102 Å². The second kappa shape index (κ2) is 8.05. The quantitative estimate of drug-likeness (QED) is 0.690. The van der Waals surface area contributed by atoms with Crippen LogP contribution in [0.2, 0.25) is 5.02 Å². The van der Waals surface area contributed by atoms with Crippen LogP contribution in [-0.2, 0) is 16.9 Å². The Kier molecular flexibility index (Phi) is 6.25. The molecule has 2 aromatic rings. The van der Waals surface area contributed by atoms with Gasteiger partial charge < -0.3 is 10.6 Å². The largest absolute Gasteiger partial charge is 0.351 e. The van der Waals surface area contributed by atoms with E-state index in [9.17, 15) is 8.42 Å². The summed E-state index contributed by atoms with van der Waals surface area (Å²) in [7, 11) is -1.91. The molecule has 0 saturated heterocycles. The number of nitrogens with one attached hydrogen (secondary N) is 2. The van der Waals surface area contributed by atoms with Gasteiger partial charge in [0.05, 0.1) is 17.1 Å². The lowest BCUT2D eigenvalue weighted by molar-refractivity contribution is 0.579. The van der Waals surface area contributed by atoms with Crippen LogP contribution in [0.4, 0.5) is 17.5 Å². The van der Waals surface area contributed by atoms with Crippen molar-refractivity contribution in [2.45, 2.75) is 38.0 Å². The fraction of sp³-hybridized carbons (Fsp3) is 0.438. The average Bonchev–Trinajstić information content (AvgIpc) is 2.91. The molecule has 0 saturated carbocycles. The Morgan fingerprint density at radius 1 is 1.38 bits per heavy atom. The van der Waals surface area contributed by atoms with Crippen molar-refractivity contribution in [2.75, 3.05) is 17.2 Å². The van der Waals surface area contributed by atoms with Crippen molar-refractivity contribution in [1.29, 1.82) is 0 Å². The van der Waals surface area contributed by atoms with Gasteiger partial charge in [0.1, 0.15) is 5.02 Å². The van der Waals surface area contributed by atoms with Gasteiger partial charge in [-0.3, -0.25) is 4.68 Å². The highest BCUT2D eigenvalue weighted by Gasteiger charge is 2.27. The van der Waals surface area contributed by atoms with Gasteiger partial charge in [-0.1, -0.05) is 23.3 Å². The zero-order valence-corrected chi connectivity index (χ0v) is 17.0. The van der Waals surface area contributed by atoms with E-state index in [2.05, 4.69) is 25.7 Å². The molecule has 26 heavy (non-hydrogen) atoms. The third-order valence-electron chi connectivity index (χ3n) is 3.45. The van der Waals surface area contributed by atoms with Gasteiger partial charge in [0.25, 0.3) is 0 Å². The van der Waals surface area contributed by atoms with Crippen molar-refractivity contribution in [3.05, 3.63) is 29.1 Å². The van der Waals surface area contributed by atoms with Gasteiger partial charge in [-0.25, -0.2) is 13.4 Å². The van der Waals surface area contributed by atoms with E-state index in [1.165, 1.54) is 16.5 Å². The molecule has 10 heteroatoms. The lowest BCUT2D eigenvalue weighted by Crippen LogP contribution is -2.16. The SMILES string of the molecule is CC(C)=CCNc1ncc(Cl)c(Nc2cn(C)nc2S(=O)(=O)C(C)C)n1. The van der Waals surface area contributed by atoms with Gasteiger partial charge in [0.2, 0.25) is 20.8 Å². The molecular formula is C16H23ClN6O2S. The maximum absolute atomic E-state index is 12.5. The number of aryl methyl sites for hydroxylation is 1. The first-order valence-corrected chi connectivity index (χ1v) is 9.98. The van der Waals surface area contributed by atoms with E-state index in [4.69, 9.17) is 11.6 Å². The van der Waals surface area contributed by atoms with Gasteiger partial charge in [0.15, 0.2) is 5.82 Å². The molecule has 8 nitrogen and oxygen atoms in total. The number of hydrogen-bond acceptors (Lipinski definition) is 7. The maximum atomic E-state index is 12.5. The molecule has 0 aromatic carbocycles. The van der Waals surface area contributed by atoms with Gasteiger partial charge in [0, 0.05) is 19.8 Å². The van der Waals surface area contributed by atoms with Crippen LogP contribution in [-0.4, -0.2) is 40.0 Å². The maximum Gasteiger partial charge on any atom is 0.224 e. The van der Waals surface area contributed by atoms with Gasteiger partial charge >= 0.3 is 0 Å². The Morgan fingerprint density at radius 3 is 2.69 bits per heavy atom. The Labute approximate surface area is 158 Å².